The second kappa shape index (κ2) is 8.44. The number of para-hydroxylation sites is 1. The highest BCUT2D eigenvalue weighted by Gasteiger charge is 2.21. The third-order valence-corrected chi connectivity index (χ3v) is 4.34. The van der Waals surface area contributed by atoms with Gasteiger partial charge in [0.05, 0.1) is 5.69 Å². The number of hydrogen-bond acceptors (Lipinski definition) is 2. The lowest BCUT2D eigenvalue weighted by atomic mass is 10.0. The molecule has 0 fully saturated rings. The Morgan fingerprint density at radius 1 is 1.04 bits per heavy atom. The van der Waals surface area contributed by atoms with Crippen LogP contribution in [0.5, 0.6) is 0 Å². The van der Waals surface area contributed by atoms with Gasteiger partial charge in [-0.2, -0.15) is 4.78 Å². The van der Waals surface area contributed by atoms with E-state index in [1.54, 1.807) is 7.05 Å². The van der Waals surface area contributed by atoms with Crippen molar-refractivity contribution in [2.45, 2.75) is 26.2 Å². The van der Waals surface area contributed by atoms with E-state index in [1.165, 1.54) is 9.79 Å². The van der Waals surface area contributed by atoms with E-state index < -0.39 is 0 Å². The van der Waals surface area contributed by atoms with Crippen LogP contribution in [0, 0.1) is 0 Å². The molecular formula is C18H21N2O2P. The molecule has 120 valence electrons. The third kappa shape index (κ3) is 4.17. The second-order valence-corrected chi connectivity index (χ2v) is 5.84. The summed E-state index contributed by atoms with van der Waals surface area (Å²) in [5.74, 6) is -0.163. The molecule has 0 bridgehead atoms. The molecule has 0 aliphatic rings. The van der Waals surface area contributed by atoms with Gasteiger partial charge in [-0.25, -0.2) is 9.57 Å². The zero-order chi connectivity index (χ0) is 16.7. The number of benzene rings is 2. The number of rotatable bonds is 7. The quantitative estimate of drug-likeness (QED) is 0.545. The number of anilines is 1. The highest BCUT2D eigenvalue weighted by molar-refractivity contribution is 7.26. The molecule has 2 rings (SSSR count). The van der Waals surface area contributed by atoms with Crippen molar-refractivity contribution in [3.8, 4) is 0 Å². The summed E-state index contributed by atoms with van der Waals surface area (Å²) >= 11 is 0. The molecule has 0 atom stereocenters. The molecule has 0 aliphatic heterocycles. The number of amides is 1. The number of carbonyl (C=O) groups excluding carboxylic acids is 1. The van der Waals surface area contributed by atoms with Crippen molar-refractivity contribution in [1.29, 1.82) is 0 Å². The highest BCUT2D eigenvalue weighted by Crippen LogP contribution is 2.24. The van der Waals surface area contributed by atoms with Crippen molar-refractivity contribution >= 4 is 20.2 Å². The standard InChI is InChI=1S/C18H21N2O2P/c1-3-4-10-15-11-8-9-14-17(15)18(21)19(2)20(23-22)16-12-6-5-7-13-16/h5-9,11-14H,3-4,10H2,1-2H3. The summed E-state index contributed by atoms with van der Waals surface area (Å²) in [7, 11) is 1.38. The van der Waals surface area contributed by atoms with Crippen molar-refractivity contribution in [1.82, 2.24) is 5.01 Å². The predicted molar refractivity (Wildman–Crippen MR) is 93.7 cm³/mol. The number of hydrazine groups is 1. The van der Waals surface area contributed by atoms with Crippen molar-refractivity contribution in [2.75, 3.05) is 11.8 Å². The highest BCUT2D eigenvalue weighted by atomic mass is 31.1. The van der Waals surface area contributed by atoms with Gasteiger partial charge >= 0.3 is 8.61 Å². The molecule has 0 saturated heterocycles. The zero-order valence-electron chi connectivity index (χ0n) is 13.5. The molecule has 0 saturated carbocycles. The van der Waals surface area contributed by atoms with Crippen LogP contribution >= 0.6 is 8.61 Å². The number of hydrogen-bond donors (Lipinski definition) is 0. The first-order chi connectivity index (χ1) is 11.2. The normalized spacial score (nSPS) is 10.5. The second-order valence-electron chi connectivity index (χ2n) is 5.30. The van der Waals surface area contributed by atoms with Crippen LogP contribution in [-0.4, -0.2) is 18.0 Å². The first-order valence-electron chi connectivity index (χ1n) is 7.73. The summed E-state index contributed by atoms with van der Waals surface area (Å²) in [6.45, 7) is 2.13. The SMILES string of the molecule is CCCCc1ccccc1C(=O)N(C)N(P=O)c1ccccc1. The van der Waals surface area contributed by atoms with Crippen molar-refractivity contribution in [3.05, 3.63) is 65.7 Å². The summed E-state index contributed by atoms with van der Waals surface area (Å²) in [5, 5.41) is 1.40. The predicted octanol–water partition coefficient (Wildman–Crippen LogP) is 4.73. The van der Waals surface area contributed by atoms with Crippen molar-refractivity contribution < 1.29 is 9.36 Å². The molecule has 0 N–H and O–H groups in total. The largest absolute Gasteiger partial charge is 0.303 e. The van der Waals surface area contributed by atoms with Crippen molar-refractivity contribution in [3.63, 3.8) is 0 Å². The van der Waals surface area contributed by atoms with Gasteiger partial charge in [0, 0.05) is 12.6 Å². The van der Waals surface area contributed by atoms with E-state index in [0.717, 1.165) is 24.8 Å². The van der Waals surface area contributed by atoms with E-state index in [-0.39, 0.29) is 14.5 Å². The minimum atomic E-state index is -0.252. The van der Waals surface area contributed by atoms with Gasteiger partial charge in [-0.3, -0.25) is 4.79 Å². The van der Waals surface area contributed by atoms with Crippen LogP contribution in [0.2, 0.25) is 0 Å². The first kappa shape index (κ1) is 17.2. The number of nitrogens with zero attached hydrogens (tertiary/aromatic N) is 2. The fourth-order valence-corrected chi connectivity index (χ4v) is 2.83. The molecular weight excluding hydrogens is 307 g/mol. The molecule has 1 amide bonds. The minimum absolute atomic E-state index is 0.163. The summed E-state index contributed by atoms with van der Waals surface area (Å²) < 4.78 is 13.0. The molecule has 5 heteroatoms. The van der Waals surface area contributed by atoms with Gasteiger partial charge in [0.1, 0.15) is 0 Å². The van der Waals surface area contributed by atoms with Crippen LogP contribution in [-0.2, 0) is 11.0 Å². The molecule has 2 aromatic rings. The molecule has 0 radical (unpaired) electrons. The Hall–Kier alpha value is -2.19. The summed E-state index contributed by atoms with van der Waals surface area (Å²) in [4.78, 5) is 12.8. The van der Waals surface area contributed by atoms with E-state index in [2.05, 4.69) is 6.92 Å². The van der Waals surface area contributed by atoms with Gasteiger partial charge in [-0.1, -0.05) is 49.7 Å². The number of carbonyl (C=O) groups is 1. The maximum absolute atomic E-state index is 12.8. The van der Waals surface area contributed by atoms with Gasteiger partial charge in [-0.05, 0) is 36.6 Å². The lowest BCUT2D eigenvalue weighted by molar-refractivity contribution is 0.0803. The molecule has 0 unspecified atom stereocenters. The van der Waals surface area contributed by atoms with Gasteiger partial charge in [0.25, 0.3) is 5.91 Å². The average Bonchev–Trinajstić information content (AvgIpc) is 2.61. The Morgan fingerprint density at radius 3 is 2.35 bits per heavy atom. The van der Waals surface area contributed by atoms with E-state index in [0.29, 0.717) is 11.3 Å². The number of aryl methyl sites for hydroxylation is 1. The molecule has 0 aliphatic carbocycles. The summed E-state index contributed by atoms with van der Waals surface area (Å²) in [5.41, 5.74) is 2.39. The Balaban J connectivity index is 2.27. The molecule has 0 heterocycles. The van der Waals surface area contributed by atoms with Crippen LogP contribution < -0.4 is 4.78 Å². The molecule has 0 aromatic heterocycles. The van der Waals surface area contributed by atoms with E-state index in [1.807, 2.05) is 54.6 Å². The number of unbranched alkanes of at least 4 members (excludes halogenated alkanes) is 1. The molecule has 4 nitrogen and oxygen atoms in total. The topological polar surface area (TPSA) is 40.6 Å². The monoisotopic (exact) mass is 328 g/mol. The Bertz CT molecular complexity index is 661. The van der Waals surface area contributed by atoms with Gasteiger partial charge in [0.15, 0.2) is 0 Å². The van der Waals surface area contributed by atoms with Crippen molar-refractivity contribution in [2.24, 2.45) is 0 Å². The fourth-order valence-electron chi connectivity index (χ4n) is 2.41. The van der Waals surface area contributed by atoms with E-state index in [9.17, 15) is 9.36 Å². The van der Waals surface area contributed by atoms with E-state index >= 15 is 0 Å². The van der Waals surface area contributed by atoms with E-state index in [4.69, 9.17) is 0 Å². The summed E-state index contributed by atoms with van der Waals surface area (Å²) in [6, 6.07) is 16.8. The van der Waals surface area contributed by atoms with Crippen LogP contribution in [0.3, 0.4) is 0 Å². The Kier molecular flexibility index (Phi) is 6.30. The smallest absolute Gasteiger partial charge is 0.267 e. The maximum Gasteiger partial charge on any atom is 0.303 e. The van der Waals surface area contributed by atoms with Crippen LogP contribution in [0.1, 0.15) is 35.7 Å². The maximum atomic E-state index is 12.8. The van der Waals surface area contributed by atoms with Gasteiger partial charge in [-0.15, -0.1) is 0 Å². The first-order valence-corrected chi connectivity index (χ1v) is 8.49. The molecule has 2 aromatic carbocycles. The third-order valence-electron chi connectivity index (χ3n) is 3.69. The average molecular weight is 328 g/mol. The fraction of sp³-hybridized carbons (Fsp3) is 0.278. The zero-order valence-corrected chi connectivity index (χ0v) is 14.4. The lowest BCUT2D eigenvalue weighted by Crippen LogP contribution is -2.38. The van der Waals surface area contributed by atoms with Crippen LogP contribution in [0.4, 0.5) is 5.69 Å². The Morgan fingerprint density at radius 2 is 1.70 bits per heavy atom. The molecule has 0 spiro atoms. The van der Waals surface area contributed by atoms with Crippen LogP contribution in [0.25, 0.3) is 0 Å². The minimum Gasteiger partial charge on any atom is -0.267 e. The van der Waals surface area contributed by atoms with Gasteiger partial charge in [0.2, 0.25) is 0 Å². The summed E-state index contributed by atoms with van der Waals surface area (Å²) in [6.07, 6.45) is 2.98. The van der Waals surface area contributed by atoms with Crippen LogP contribution in [0.15, 0.2) is 54.6 Å². The van der Waals surface area contributed by atoms with Gasteiger partial charge < -0.3 is 0 Å². The molecule has 23 heavy (non-hydrogen) atoms. The lowest BCUT2D eigenvalue weighted by Gasteiger charge is -2.27. The Labute approximate surface area is 139 Å².